The quantitative estimate of drug-likeness (QED) is 0.662. The second-order valence-corrected chi connectivity index (χ2v) is 7.38. The Morgan fingerprint density at radius 1 is 1.20 bits per heavy atom. The van der Waals surface area contributed by atoms with Gasteiger partial charge in [0.05, 0.1) is 4.90 Å². The van der Waals surface area contributed by atoms with Crippen LogP contribution in [-0.4, -0.2) is 41.2 Å². The summed E-state index contributed by atoms with van der Waals surface area (Å²) in [5.41, 5.74) is 0.262. The summed E-state index contributed by atoms with van der Waals surface area (Å²) in [6.07, 6.45) is 3.12. The van der Waals surface area contributed by atoms with Crippen molar-refractivity contribution in [1.29, 1.82) is 0 Å². The molecule has 9 nitrogen and oxygen atoms in total. The van der Waals surface area contributed by atoms with Crippen molar-refractivity contribution in [3.63, 3.8) is 0 Å². The average Bonchev–Trinajstić information content (AvgIpc) is 3.25. The lowest BCUT2D eigenvalue weighted by Crippen LogP contribution is -2.25. The maximum absolute atomic E-state index is 12.2. The van der Waals surface area contributed by atoms with Gasteiger partial charge in [0.2, 0.25) is 10.0 Å². The van der Waals surface area contributed by atoms with Crippen LogP contribution in [-0.2, 0) is 21.4 Å². The Morgan fingerprint density at radius 2 is 1.88 bits per heavy atom. The van der Waals surface area contributed by atoms with Crippen LogP contribution in [0.5, 0.6) is 0 Å². The van der Waals surface area contributed by atoms with Gasteiger partial charge in [0.1, 0.15) is 6.54 Å². The Hall–Kier alpha value is -2.72. The van der Waals surface area contributed by atoms with Crippen LogP contribution in [0.15, 0.2) is 41.4 Å². The van der Waals surface area contributed by atoms with E-state index < -0.39 is 21.9 Å². The van der Waals surface area contributed by atoms with Crippen LogP contribution in [0.25, 0.3) is 0 Å². The first-order valence-corrected chi connectivity index (χ1v) is 9.01. The summed E-state index contributed by atoms with van der Waals surface area (Å²) in [4.78, 5) is 22.9. The lowest BCUT2D eigenvalue weighted by Gasteiger charge is -2.06. The highest BCUT2D eigenvalue weighted by Crippen LogP contribution is 2.22. The molecule has 1 saturated carbocycles. The summed E-state index contributed by atoms with van der Waals surface area (Å²) in [7, 11) is -3.56. The maximum atomic E-state index is 12.2. The summed E-state index contributed by atoms with van der Waals surface area (Å²) < 4.78 is 27.9. The molecule has 25 heavy (non-hydrogen) atoms. The molecule has 1 aliphatic carbocycles. The molecule has 1 aromatic carbocycles. The predicted octanol–water partition coefficient (Wildman–Crippen LogP) is 0.661. The van der Waals surface area contributed by atoms with Crippen molar-refractivity contribution in [2.75, 3.05) is 5.32 Å². The van der Waals surface area contributed by atoms with E-state index in [-0.39, 0.29) is 28.9 Å². The molecule has 0 atom stereocenters. The Labute approximate surface area is 143 Å². The molecule has 1 heterocycles. The summed E-state index contributed by atoms with van der Waals surface area (Å²) >= 11 is 0. The maximum Gasteiger partial charge on any atom is 0.325 e. The molecular weight excluding hydrogens is 348 g/mol. The van der Waals surface area contributed by atoms with Gasteiger partial charge >= 0.3 is 5.97 Å². The van der Waals surface area contributed by atoms with Gasteiger partial charge in [0.25, 0.3) is 5.91 Å². The third kappa shape index (κ3) is 4.43. The topological polar surface area (TPSA) is 130 Å². The zero-order valence-corrected chi connectivity index (χ0v) is 13.9. The minimum atomic E-state index is -3.56. The number of hydrogen-bond acceptors (Lipinski definition) is 5. The zero-order valence-electron chi connectivity index (χ0n) is 13.0. The molecular formula is C15H16N4O5S. The van der Waals surface area contributed by atoms with Gasteiger partial charge in [-0.1, -0.05) is 0 Å². The van der Waals surface area contributed by atoms with E-state index in [0.717, 1.165) is 12.8 Å². The molecule has 3 N–H and O–H groups in total. The molecule has 0 unspecified atom stereocenters. The van der Waals surface area contributed by atoms with Crippen molar-refractivity contribution in [2.45, 2.75) is 30.3 Å². The molecule has 10 heteroatoms. The minimum absolute atomic E-state index is 0.00823. The number of aromatic nitrogens is 2. The number of carboxylic acids is 1. The molecule has 1 fully saturated rings. The Morgan fingerprint density at radius 3 is 2.48 bits per heavy atom. The van der Waals surface area contributed by atoms with Crippen molar-refractivity contribution >= 4 is 27.7 Å². The SMILES string of the molecule is O=C(O)Cn1ccc(NC(=O)c2ccc(S(=O)(=O)NC3CC3)cc2)n1. The number of hydrogen-bond donors (Lipinski definition) is 3. The van der Waals surface area contributed by atoms with Gasteiger partial charge in [0, 0.05) is 23.9 Å². The number of benzene rings is 1. The number of carbonyl (C=O) groups excluding carboxylic acids is 1. The fraction of sp³-hybridized carbons (Fsp3) is 0.267. The molecule has 0 bridgehead atoms. The van der Waals surface area contributed by atoms with Crippen LogP contribution in [0.3, 0.4) is 0 Å². The fourth-order valence-electron chi connectivity index (χ4n) is 2.12. The smallest absolute Gasteiger partial charge is 0.325 e. The fourth-order valence-corrected chi connectivity index (χ4v) is 3.42. The third-order valence-corrected chi connectivity index (χ3v) is 5.04. The molecule has 1 aromatic heterocycles. The Balaban J connectivity index is 1.66. The van der Waals surface area contributed by atoms with Crippen LogP contribution in [0.1, 0.15) is 23.2 Å². The first-order chi connectivity index (χ1) is 11.8. The molecule has 3 rings (SSSR count). The largest absolute Gasteiger partial charge is 0.480 e. The van der Waals surface area contributed by atoms with E-state index in [4.69, 9.17) is 5.11 Å². The molecule has 1 amide bonds. The molecule has 0 spiro atoms. The number of anilines is 1. The van der Waals surface area contributed by atoms with Gasteiger partial charge in [-0.25, -0.2) is 13.1 Å². The zero-order chi connectivity index (χ0) is 18.0. The number of rotatable bonds is 7. The van der Waals surface area contributed by atoms with Crippen molar-refractivity contribution in [3.05, 3.63) is 42.1 Å². The van der Waals surface area contributed by atoms with Crippen molar-refractivity contribution in [3.8, 4) is 0 Å². The summed E-state index contributed by atoms with van der Waals surface area (Å²) in [5, 5.41) is 15.1. The minimum Gasteiger partial charge on any atom is -0.480 e. The normalized spacial score (nSPS) is 14.2. The van der Waals surface area contributed by atoms with Crippen molar-refractivity contribution in [1.82, 2.24) is 14.5 Å². The van der Waals surface area contributed by atoms with Gasteiger partial charge in [-0.05, 0) is 37.1 Å². The first-order valence-electron chi connectivity index (χ1n) is 7.52. The molecule has 0 radical (unpaired) electrons. The molecule has 0 saturated heterocycles. The monoisotopic (exact) mass is 364 g/mol. The second kappa shape index (κ2) is 6.65. The number of nitrogens with one attached hydrogen (secondary N) is 2. The predicted molar refractivity (Wildman–Crippen MR) is 87.6 cm³/mol. The first kappa shape index (κ1) is 17.1. The van der Waals surface area contributed by atoms with E-state index in [9.17, 15) is 18.0 Å². The van der Waals surface area contributed by atoms with E-state index in [2.05, 4.69) is 15.1 Å². The van der Waals surface area contributed by atoms with Crippen LogP contribution in [0, 0.1) is 0 Å². The highest BCUT2D eigenvalue weighted by atomic mass is 32.2. The third-order valence-electron chi connectivity index (χ3n) is 3.51. The summed E-state index contributed by atoms with van der Waals surface area (Å²) in [5.74, 6) is -1.31. The molecule has 2 aromatic rings. The highest BCUT2D eigenvalue weighted by Gasteiger charge is 2.27. The standard InChI is InChI=1S/C15H16N4O5S/c20-14(21)9-19-8-7-13(17-19)16-15(22)10-1-5-12(6-2-10)25(23,24)18-11-3-4-11/h1-2,5-8,11,18H,3-4,9H2,(H,20,21)(H,16,17,22). The van der Waals surface area contributed by atoms with E-state index in [1.165, 1.54) is 41.2 Å². The van der Waals surface area contributed by atoms with Crippen LogP contribution in [0.4, 0.5) is 5.82 Å². The number of carboxylic acid groups (broad SMARTS) is 1. The van der Waals surface area contributed by atoms with Crippen LogP contribution in [0.2, 0.25) is 0 Å². The summed E-state index contributed by atoms with van der Waals surface area (Å²) in [6, 6.07) is 7.02. The second-order valence-electron chi connectivity index (χ2n) is 5.67. The molecule has 0 aliphatic heterocycles. The Bertz CT molecular complexity index is 900. The van der Waals surface area contributed by atoms with E-state index >= 15 is 0 Å². The molecule has 1 aliphatic rings. The van der Waals surface area contributed by atoms with Gasteiger partial charge in [-0.3, -0.25) is 14.3 Å². The Kier molecular flexibility index (Phi) is 4.55. The van der Waals surface area contributed by atoms with E-state index in [1.807, 2.05) is 0 Å². The molecule has 132 valence electrons. The number of aliphatic carboxylic acids is 1. The van der Waals surface area contributed by atoms with Gasteiger partial charge in [-0.15, -0.1) is 0 Å². The lowest BCUT2D eigenvalue weighted by molar-refractivity contribution is -0.137. The number of sulfonamides is 1. The lowest BCUT2D eigenvalue weighted by atomic mass is 10.2. The van der Waals surface area contributed by atoms with Crippen LogP contribution >= 0.6 is 0 Å². The average molecular weight is 364 g/mol. The highest BCUT2D eigenvalue weighted by molar-refractivity contribution is 7.89. The summed E-state index contributed by atoms with van der Waals surface area (Å²) in [6.45, 7) is -0.309. The van der Waals surface area contributed by atoms with Crippen LogP contribution < -0.4 is 10.0 Å². The van der Waals surface area contributed by atoms with Gasteiger partial charge in [-0.2, -0.15) is 5.10 Å². The number of amides is 1. The van der Waals surface area contributed by atoms with E-state index in [1.54, 1.807) is 0 Å². The van der Waals surface area contributed by atoms with Gasteiger partial charge < -0.3 is 10.4 Å². The number of nitrogens with zero attached hydrogens (tertiary/aromatic N) is 2. The number of carbonyl (C=O) groups is 2. The van der Waals surface area contributed by atoms with Gasteiger partial charge in [0.15, 0.2) is 5.82 Å². The van der Waals surface area contributed by atoms with Crippen molar-refractivity contribution in [2.24, 2.45) is 0 Å². The van der Waals surface area contributed by atoms with Crippen molar-refractivity contribution < 1.29 is 23.1 Å². The van der Waals surface area contributed by atoms with E-state index in [0.29, 0.717) is 0 Å².